The molecular formula is C32H42I2O16. The number of alkyl halides is 2. The summed E-state index contributed by atoms with van der Waals surface area (Å²) in [5.74, 6) is -3.84. The topological polar surface area (TPSA) is 203 Å². The third-order valence-electron chi connectivity index (χ3n) is 6.53. The largest absolute Gasteiger partial charge is 0.508 e. The number of hydrogen-bond acceptors (Lipinski definition) is 16. The molecule has 0 amide bonds. The van der Waals surface area contributed by atoms with Gasteiger partial charge in [0.1, 0.15) is 75.7 Å². The Morgan fingerprint density at radius 2 is 0.820 bits per heavy atom. The SMILES string of the molecule is CC(=O)OCC(C)(COC(=O)OCC(C)(COC(=O)OCC(C)(COC(C)=O)C(=O)OCCI)C(=O)OCc1ccccc1)C(=O)OCCI. The highest BCUT2D eigenvalue weighted by Gasteiger charge is 2.42. The van der Waals surface area contributed by atoms with Crippen LogP contribution in [0.3, 0.4) is 0 Å². The molecule has 0 saturated heterocycles. The Kier molecular flexibility index (Phi) is 20.0. The van der Waals surface area contributed by atoms with Crippen LogP contribution < -0.4 is 0 Å². The average molecular weight is 936 g/mol. The summed E-state index contributed by atoms with van der Waals surface area (Å²) >= 11 is 3.99. The maximum atomic E-state index is 13.3. The van der Waals surface area contributed by atoms with Gasteiger partial charge in [0.15, 0.2) is 0 Å². The van der Waals surface area contributed by atoms with Gasteiger partial charge in [-0.1, -0.05) is 75.5 Å². The van der Waals surface area contributed by atoms with Crippen molar-refractivity contribution in [2.45, 2.75) is 41.2 Å². The minimum Gasteiger partial charge on any atom is -0.465 e. The van der Waals surface area contributed by atoms with E-state index in [1.54, 1.807) is 30.3 Å². The molecule has 1 rings (SSSR count). The summed E-state index contributed by atoms with van der Waals surface area (Å²) < 4.78 is 47.1. The molecule has 0 bridgehead atoms. The minimum atomic E-state index is -1.81. The van der Waals surface area contributed by atoms with Gasteiger partial charge >= 0.3 is 42.2 Å². The summed E-state index contributed by atoms with van der Waals surface area (Å²) in [6, 6.07) is 8.67. The number of carbonyl (C=O) groups excluding carboxylic acids is 7. The Labute approximate surface area is 317 Å². The molecule has 50 heavy (non-hydrogen) atoms. The van der Waals surface area contributed by atoms with Gasteiger partial charge in [0, 0.05) is 22.7 Å². The van der Waals surface area contributed by atoms with Crippen molar-refractivity contribution >= 4 is 87.3 Å². The van der Waals surface area contributed by atoms with E-state index in [0.717, 1.165) is 13.8 Å². The monoisotopic (exact) mass is 936 g/mol. The molecule has 0 spiro atoms. The van der Waals surface area contributed by atoms with Crippen LogP contribution >= 0.6 is 45.2 Å². The molecule has 2 atom stereocenters. The normalized spacial score (nSPS) is 14.2. The molecule has 18 heteroatoms. The van der Waals surface area contributed by atoms with Crippen molar-refractivity contribution in [2.75, 3.05) is 61.7 Å². The molecule has 0 aliphatic heterocycles. The third kappa shape index (κ3) is 16.5. The molecule has 1 aromatic carbocycles. The number of esters is 5. The zero-order valence-electron chi connectivity index (χ0n) is 28.5. The van der Waals surface area contributed by atoms with Crippen molar-refractivity contribution in [1.82, 2.24) is 0 Å². The molecule has 0 N–H and O–H groups in total. The Bertz CT molecular complexity index is 1240. The molecule has 0 heterocycles. The van der Waals surface area contributed by atoms with Crippen LogP contribution in [0.15, 0.2) is 30.3 Å². The van der Waals surface area contributed by atoms with E-state index in [2.05, 4.69) is 0 Å². The van der Waals surface area contributed by atoms with E-state index in [9.17, 15) is 33.6 Å². The van der Waals surface area contributed by atoms with Crippen molar-refractivity contribution in [3.63, 3.8) is 0 Å². The maximum absolute atomic E-state index is 13.3. The summed E-state index contributed by atoms with van der Waals surface area (Å²) in [5.41, 5.74) is -4.32. The predicted octanol–water partition coefficient (Wildman–Crippen LogP) is 4.14. The molecule has 1 aromatic rings. The number of carbonyl (C=O) groups is 7. The Balaban J connectivity index is 3.03. The van der Waals surface area contributed by atoms with Crippen LogP contribution in [0.2, 0.25) is 0 Å². The predicted molar refractivity (Wildman–Crippen MR) is 188 cm³/mol. The van der Waals surface area contributed by atoms with Crippen LogP contribution in [-0.4, -0.2) is 104 Å². The number of halogens is 2. The molecular weight excluding hydrogens is 894 g/mol. The van der Waals surface area contributed by atoms with Crippen LogP contribution in [-0.2, 0) is 73.2 Å². The van der Waals surface area contributed by atoms with E-state index in [1.807, 2.05) is 45.2 Å². The highest BCUT2D eigenvalue weighted by Crippen LogP contribution is 2.25. The van der Waals surface area contributed by atoms with Gasteiger partial charge in [-0.05, 0) is 26.3 Å². The number of benzene rings is 1. The van der Waals surface area contributed by atoms with Gasteiger partial charge < -0.3 is 42.6 Å². The first-order valence-corrected chi connectivity index (χ1v) is 18.1. The van der Waals surface area contributed by atoms with Crippen LogP contribution in [0.4, 0.5) is 9.59 Å². The van der Waals surface area contributed by atoms with Gasteiger partial charge in [-0.25, -0.2) is 9.59 Å². The number of rotatable bonds is 21. The van der Waals surface area contributed by atoms with E-state index in [4.69, 9.17) is 42.6 Å². The van der Waals surface area contributed by atoms with Gasteiger partial charge in [0.25, 0.3) is 0 Å². The molecule has 0 aliphatic carbocycles. The van der Waals surface area contributed by atoms with Gasteiger partial charge in [0.2, 0.25) is 0 Å². The van der Waals surface area contributed by atoms with Crippen molar-refractivity contribution in [2.24, 2.45) is 16.2 Å². The van der Waals surface area contributed by atoms with Gasteiger partial charge in [-0.3, -0.25) is 24.0 Å². The smallest absolute Gasteiger partial charge is 0.465 e. The number of ether oxygens (including phenoxy) is 9. The summed E-state index contributed by atoms with van der Waals surface area (Å²) in [4.78, 5) is 86.6. The van der Waals surface area contributed by atoms with Crippen LogP contribution in [0, 0.1) is 16.2 Å². The lowest BCUT2D eigenvalue weighted by Gasteiger charge is -2.28. The first-order valence-electron chi connectivity index (χ1n) is 15.0. The fourth-order valence-electron chi connectivity index (χ4n) is 3.46. The lowest BCUT2D eigenvalue weighted by atomic mass is 9.93. The summed E-state index contributed by atoms with van der Waals surface area (Å²) in [7, 11) is 0. The van der Waals surface area contributed by atoms with Crippen molar-refractivity contribution in [1.29, 1.82) is 0 Å². The van der Waals surface area contributed by atoms with Crippen molar-refractivity contribution in [3.8, 4) is 0 Å². The Morgan fingerprint density at radius 3 is 1.14 bits per heavy atom. The van der Waals surface area contributed by atoms with E-state index in [1.165, 1.54) is 20.8 Å². The van der Waals surface area contributed by atoms with Crippen molar-refractivity contribution < 1.29 is 76.2 Å². The van der Waals surface area contributed by atoms with Gasteiger partial charge in [0.05, 0.1) is 0 Å². The van der Waals surface area contributed by atoms with Crippen LogP contribution in [0.25, 0.3) is 0 Å². The van der Waals surface area contributed by atoms with Crippen LogP contribution in [0.1, 0.15) is 40.2 Å². The standard InChI is InChI=1S/C32H42I2O16/c1-22(35)45-16-30(3,25(37)42-13-11-33)18-47-28(40)49-20-32(5,27(39)44-15-24-9-7-6-8-10-24)21-50-29(41)48-19-31(4,17-46-23(2)36)26(38)43-14-12-34/h6-10H,11-21H2,1-5H3. The number of hydrogen-bond donors (Lipinski definition) is 0. The summed E-state index contributed by atoms with van der Waals surface area (Å²) in [6.45, 7) is 2.72. The lowest BCUT2D eigenvalue weighted by molar-refractivity contribution is -0.166. The second-order valence-electron chi connectivity index (χ2n) is 11.6. The van der Waals surface area contributed by atoms with Gasteiger partial charge in [-0.2, -0.15) is 0 Å². The Morgan fingerprint density at radius 1 is 0.500 bits per heavy atom. The highest BCUT2D eigenvalue weighted by molar-refractivity contribution is 14.1. The fraction of sp³-hybridized carbons (Fsp3) is 0.594. The van der Waals surface area contributed by atoms with E-state index < -0.39 is 98.0 Å². The maximum Gasteiger partial charge on any atom is 0.508 e. The molecule has 0 fully saturated rings. The van der Waals surface area contributed by atoms with E-state index in [-0.39, 0.29) is 19.8 Å². The zero-order valence-corrected chi connectivity index (χ0v) is 32.8. The van der Waals surface area contributed by atoms with Gasteiger partial charge in [-0.15, -0.1) is 0 Å². The fourth-order valence-corrected chi connectivity index (χ4v) is 3.91. The second kappa shape index (κ2) is 22.4. The average Bonchev–Trinajstić information content (AvgIpc) is 3.09. The summed E-state index contributed by atoms with van der Waals surface area (Å²) in [5, 5.41) is 0. The van der Waals surface area contributed by atoms with E-state index in [0.29, 0.717) is 14.4 Å². The Hall–Kier alpha value is -3.43. The lowest BCUT2D eigenvalue weighted by Crippen LogP contribution is -2.43. The highest BCUT2D eigenvalue weighted by atomic mass is 127. The molecule has 0 radical (unpaired) electrons. The summed E-state index contributed by atoms with van der Waals surface area (Å²) in [6.07, 6.45) is -2.62. The van der Waals surface area contributed by atoms with E-state index >= 15 is 0 Å². The third-order valence-corrected chi connectivity index (χ3v) is 7.41. The second-order valence-corrected chi connectivity index (χ2v) is 13.8. The first kappa shape index (κ1) is 44.6. The van der Waals surface area contributed by atoms with Crippen LogP contribution in [0.5, 0.6) is 0 Å². The molecule has 2 unspecified atom stereocenters. The molecule has 0 aliphatic rings. The first-order chi connectivity index (χ1) is 23.5. The molecule has 16 nitrogen and oxygen atoms in total. The minimum absolute atomic E-state index is 0.0689. The molecule has 0 saturated carbocycles. The quantitative estimate of drug-likeness (QED) is 0.0736. The van der Waals surface area contributed by atoms with Crippen molar-refractivity contribution in [3.05, 3.63) is 35.9 Å². The molecule has 280 valence electrons. The molecule has 0 aromatic heterocycles. The zero-order chi connectivity index (χ0) is 37.8.